The number of benzene rings is 2. The lowest BCUT2D eigenvalue weighted by molar-refractivity contribution is -0.115. The van der Waals surface area contributed by atoms with Crippen LogP contribution in [-0.2, 0) is 21.1 Å². The molecule has 1 aliphatic rings. The fraction of sp³-hybridized carbons (Fsp3) is 0.350. The van der Waals surface area contributed by atoms with Crippen molar-refractivity contribution in [1.82, 2.24) is 0 Å². The minimum Gasteiger partial charge on any atom is -0.371 e. The Morgan fingerprint density at radius 3 is 2.54 bits per heavy atom. The van der Waals surface area contributed by atoms with Gasteiger partial charge < -0.3 is 10.2 Å². The van der Waals surface area contributed by atoms with Crippen LogP contribution in [0.4, 0.5) is 11.4 Å². The van der Waals surface area contributed by atoms with E-state index in [1.807, 2.05) is 67.4 Å². The minimum atomic E-state index is -2.90. The Morgan fingerprint density at radius 1 is 1.19 bits per heavy atom. The second-order valence-corrected chi connectivity index (χ2v) is 9.16. The van der Waals surface area contributed by atoms with Crippen molar-refractivity contribution in [1.29, 1.82) is 0 Å². The van der Waals surface area contributed by atoms with E-state index >= 15 is 0 Å². The molecule has 0 radical (unpaired) electrons. The summed E-state index contributed by atoms with van der Waals surface area (Å²) in [6, 6.07) is 15.4. The van der Waals surface area contributed by atoms with Crippen molar-refractivity contribution in [3.05, 3.63) is 59.7 Å². The number of carbonyl (C=O) groups is 1. The lowest BCUT2D eigenvalue weighted by Gasteiger charge is -2.25. The normalized spacial score (nSPS) is 18.5. The molecule has 0 aliphatic carbocycles. The monoisotopic (exact) mass is 372 g/mol. The average Bonchev–Trinajstić information content (AvgIpc) is 2.95. The third kappa shape index (κ3) is 4.64. The molecule has 1 heterocycles. The van der Waals surface area contributed by atoms with Gasteiger partial charge in [0.2, 0.25) is 5.91 Å². The Balaban J connectivity index is 1.60. The standard InChI is InChI=1S/C20H24N2O3S/c1-15-4-3-5-16(12-15)13-20(23)21-17-6-8-18(9-7-17)22(2)19-10-11-26(24,25)14-19/h3-9,12,19H,10-11,13-14H2,1-2H3,(H,21,23). The number of nitrogens with one attached hydrogen (secondary N) is 1. The molecular weight excluding hydrogens is 348 g/mol. The predicted octanol–water partition coefficient (Wildman–Crippen LogP) is 2.80. The quantitative estimate of drug-likeness (QED) is 0.876. The van der Waals surface area contributed by atoms with E-state index in [4.69, 9.17) is 0 Å². The molecule has 0 spiro atoms. The second kappa shape index (κ2) is 7.50. The predicted molar refractivity (Wildman–Crippen MR) is 105 cm³/mol. The summed E-state index contributed by atoms with van der Waals surface area (Å²) < 4.78 is 23.3. The van der Waals surface area contributed by atoms with E-state index in [0.29, 0.717) is 12.8 Å². The molecule has 1 aliphatic heterocycles. The molecule has 138 valence electrons. The van der Waals surface area contributed by atoms with E-state index < -0.39 is 9.84 Å². The van der Waals surface area contributed by atoms with Crippen LogP contribution in [0.5, 0.6) is 0 Å². The fourth-order valence-electron chi connectivity index (χ4n) is 3.28. The van der Waals surface area contributed by atoms with Crippen molar-refractivity contribution in [2.24, 2.45) is 0 Å². The molecule has 26 heavy (non-hydrogen) atoms. The largest absolute Gasteiger partial charge is 0.371 e. The summed E-state index contributed by atoms with van der Waals surface area (Å²) in [5.74, 6) is 0.409. The zero-order valence-corrected chi connectivity index (χ0v) is 15.9. The van der Waals surface area contributed by atoms with Crippen molar-refractivity contribution in [3.63, 3.8) is 0 Å². The maximum absolute atomic E-state index is 12.2. The Hall–Kier alpha value is -2.34. The molecule has 2 aromatic carbocycles. The second-order valence-electron chi connectivity index (χ2n) is 6.93. The SMILES string of the molecule is Cc1cccc(CC(=O)Nc2ccc(N(C)C3CCS(=O)(=O)C3)cc2)c1. The molecule has 3 rings (SSSR count). The maximum Gasteiger partial charge on any atom is 0.228 e. The number of amides is 1. The molecule has 5 nitrogen and oxygen atoms in total. The van der Waals surface area contributed by atoms with E-state index in [9.17, 15) is 13.2 Å². The topological polar surface area (TPSA) is 66.5 Å². The highest BCUT2D eigenvalue weighted by molar-refractivity contribution is 7.91. The van der Waals surface area contributed by atoms with Crippen molar-refractivity contribution in [2.45, 2.75) is 25.8 Å². The zero-order chi connectivity index (χ0) is 18.7. The average molecular weight is 372 g/mol. The van der Waals surface area contributed by atoms with Gasteiger partial charge in [-0.15, -0.1) is 0 Å². The van der Waals surface area contributed by atoms with Crippen molar-refractivity contribution >= 4 is 27.1 Å². The third-order valence-corrected chi connectivity index (χ3v) is 6.51. The van der Waals surface area contributed by atoms with Gasteiger partial charge in [-0.05, 0) is 43.2 Å². The molecule has 1 atom stereocenters. The highest BCUT2D eigenvalue weighted by atomic mass is 32.2. The first kappa shape index (κ1) is 18.5. The molecule has 0 bridgehead atoms. The molecule has 0 aromatic heterocycles. The summed E-state index contributed by atoms with van der Waals surface area (Å²) in [6.07, 6.45) is 0.997. The molecular formula is C20H24N2O3S. The number of nitrogens with zero attached hydrogens (tertiary/aromatic N) is 1. The highest BCUT2D eigenvalue weighted by Gasteiger charge is 2.30. The number of rotatable bonds is 5. The number of hydrogen-bond acceptors (Lipinski definition) is 4. The lowest BCUT2D eigenvalue weighted by atomic mass is 10.1. The van der Waals surface area contributed by atoms with Crippen LogP contribution in [0.15, 0.2) is 48.5 Å². The van der Waals surface area contributed by atoms with Gasteiger partial charge in [0.1, 0.15) is 0 Å². The van der Waals surface area contributed by atoms with Crippen LogP contribution in [0.2, 0.25) is 0 Å². The van der Waals surface area contributed by atoms with E-state index in [0.717, 1.165) is 22.5 Å². The highest BCUT2D eigenvalue weighted by Crippen LogP contribution is 2.24. The van der Waals surface area contributed by atoms with Crippen molar-refractivity contribution in [3.8, 4) is 0 Å². The van der Waals surface area contributed by atoms with E-state index in [-0.39, 0.29) is 23.5 Å². The van der Waals surface area contributed by atoms with Gasteiger partial charge in [0.05, 0.1) is 17.9 Å². The maximum atomic E-state index is 12.2. The molecule has 1 fully saturated rings. The summed E-state index contributed by atoms with van der Waals surface area (Å²) in [5, 5.41) is 2.91. The van der Waals surface area contributed by atoms with Crippen LogP contribution >= 0.6 is 0 Å². The first-order valence-electron chi connectivity index (χ1n) is 8.71. The molecule has 1 unspecified atom stereocenters. The van der Waals surface area contributed by atoms with E-state index in [1.54, 1.807) is 0 Å². The number of anilines is 2. The van der Waals surface area contributed by atoms with Gasteiger partial charge in [-0.2, -0.15) is 0 Å². The van der Waals surface area contributed by atoms with Crippen LogP contribution < -0.4 is 10.2 Å². The van der Waals surface area contributed by atoms with Gasteiger partial charge in [-0.25, -0.2) is 8.42 Å². The molecule has 6 heteroatoms. The first-order valence-corrected chi connectivity index (χ1v) is 10.5. The number of hydrogen-bond donors (Lipinski definition) is 1. The van der Waals surface area contributed by atoms with E-state index in [2.05, 4.69) is 5.32 Å². The molecule has 1 amide bonds. The van der Waals surface area contributed by atoms with Gasteiger partial charge in [0, 0.05) is 24.5 Å². The summed E-state index contributed by atoms with van der Waals surface area (Å²) in [7, 11) is -0.991. The van der Waals surface area contributed by atoms with Gasteiger partial charge >= 0.3 is 0 Å². The smallest absolute Gasteiger partial charge is 0.228 e. The molecule has 1 N–H and O–H groups in total. The Bertz CT molecular complexity index is 892. The minimum absolute atomic E-state index is 0.0155. The Labute approximate surface area is 154 Å². The van der Waals surface area contributed by atoms with Crippen LogP contribution in [0, 0.1) is 6.92 Å². The van der Waals surface area contributed by atoms with Crippen LogP contribution in [-0.4, -0.2) is 38.9 Å². The van der Waals surface area contributed by atoms with Crippen LogP contribution in [0.25, 0.3) is 0 Å². The molecule has 2 aromatic rings. The van der Waals surface area contributed by atoms with Gasteiger partial charge in [-0.3, -0.25) is 4.79 Å². The molecule has 1 saturated heterocycles. The van der Waals surface area contributed by atoms with Gasteiger partial charge in [0.25, 0.3) is 0 Å². The lowest BCUT2D eigenvalue weighted by Crippen LogP contribution is -2.32. The van der Waals surface area contributed by atoms with Gasteiger partial charge in [0.15, 0.2) is 9.84 Å². The summed E-state index contributed by atoms with van der Waals surface area (Å²) in [5.41, 5.74) is 3.81. The van der Waals surface area contributed by atoms with E-state index in [1.165, 1.54) is 0 Å². The van der Waals surface area contributed by atoms with Gasteiger partial charge in [-0.1, -0.05) is 29.8 Å². The molecule has 0 saturated carbocycles. The third-order valence-electron chi connectivity index (χ3n) is 4.76. The van der Waals surface area contributed by atoms with Crippen molar-refractivity contribution in [2.75, 3.05) is 28.8 Å². The summed E-state index contributed by atoms with van der Waals surface area (Å²) in [4.78, 5) is 14.2. The fourth-order valence-corrected chi connectivity index (χ4v) is 5.06. The van der Waals surface area contributed by atoms with Crippen LogP contribution in [0.1, 0.15) is 17.5 Å². The first-order chi connectivity index (χ1) is 12.3. The Morgan fingerprint density at radius 2 is 1.92 bits per heavy atom. The summed E-state index contributed by atoms with van der Waals surface area (Å²) in [6.45, 7) is 2.01. The van der Waals surface area contributed by atoms with Crippen LogP contribution in [0.3, 0.4) is 0 Å². The zero-order valence-electron chi connectivity index (χ0n) is 15.1. The number of sulfone groups is 1. The van der Waals surface area contributed by atoms with Crippen molar-refractivity contribution < 1.29 is 13.2 Å². The Kier molecular flexibility index (Phi) is 5.32. The summed E-state index contributed by atoms with van der Waals surface area (Å²) >= 11 is 0. The number of carbonyl (C=O) groups excluding carboxylic acids is 1. The number of aryl methyl sites for hydroxylation is 1.